The van der Waals surface area contributed by atoms with E-state index in [1.807, 2.05) is 4.90 Å². The van der Waals surface area contributed by atoms with Crippen molar-refractivity contribution in [2.75, 3.05) is 26.2 Å². The summed E-state index contributed by atoms with van der Waals surface area (Å²) < 4.78 is 14.0. The quantitative estimate of drug-likeness (QED) is 0.472. The Morgan fingerprint density at radius 1 is 0.838 bits per heavy atom. The minimum atomic E-state index is -0.453. The highest BCUT2D eigenvalue weighted by Gasteiger charge is 2.43. The minimum absolute atomic E-state index is 0.0856. The van der Waals surface area contributed by atoms with Crippen LogP contribution in [-0.4, -0.2) is 52.9 Å². The SMILES string of the molecule is O=C(c1cccc[n+]1O)N1CCC2(CCN(Cc3cccc4c3OC3(CCCCCCC3)O4)CC2)CC1. The van der Waals surface area contributed by atoms with Gasteiger partial charge in [-0.05, 0) is 69.2 Å². The maximum absolute atomic E-state index is 12.9. The Morgan fingerprint density at radius 3 is 2.27 bits per heavy atom. The number of para-hydroxylation sites is 1. The topological polar surface area (TPSA) is 66.1 Å². The summed E-state index contributed by atoms with van der Waals surface area (Å²) in [7, 11) is 0. The van der Waals surface area contributed by atoms with Crippen LogP contribution < -0.4 is 14.2 Å². The Kier molecular flexibility index (Phi) is 6.74. The number of aromatic nitrogens is 1. The number of carbonyl (C=O) groups excluding carboxylic acids is 1. The third kappa shape index (κ3) is 5.02. The molecule has 1 N–H and O–H groups in total. The van der Waals surface area contributed by atoms with Gasteiger partial charge in [-0.1, -0.05) is 31.4 Å². The molecule has 7 nitrogen and oxygen atoms in total. The van der Waals surface area contributed by atoms with E-state index in [0.717, 1.165) is 87.5 Å². The Labute approximate surface area is 219 Å². The number of hydrogen-bond donors (Lipinski definition) is 1. The number of carbonyl (C=O) groups is 1. The number of amides is 1. The average molecular weight is 507 g/mol. The van der Waals surface area contributed by atoms with Crippen LogP contribution in [0.5, 0.6) is 11.5 Å². The first-order chi connectivity index (χ1) is 18.0. The molecule has 0 atom stereocenters. The normalized spacial score (nSPS) is 23.1. The predicted octanol–water partition coefficient (Wildman–Crippen LogP) is 4.94. The molecular weight excluding hydrogens is 466 g/mol. The molecule has 4 heterocycles. The van der Waals surface area contributed by atoms with Crippen LogP contribution in [0.15, 0.2) is 42.6 Å². The monoisotopic (exact) mass is 506 g/mol. The summed E-state index contributed by atoms with van der Waals surface area (Å²) in [5, 5.41) is 10.0. The molecule has 4 aliphatic rings. The lowest BCUT2D eigenvalue weighted by molar-refractivity contribution is -0.906. The van der Waals surface area contributed by atoms with Gasteiger partial charge >= 0.3 is 11.6 Å². The number of hydrogen-bond acceptors (Lipinski definition) is 5. The van der Waals surface area contributed by atoms with Crippen LogP contribution in [0.2, 0.25) is 0 Å². The second-order valence-corrected chi connectivity index (χ2v) is 11.6. The lowest BCUT2D eigenvalue weighted by Gasteiger charge is -2.46. The maximum Gasteiger partial charge on any atom is 0.323 e. The standard InChI is InChI=1S/C30H40N3O4/c34-28(25-10-4-7-18-33(25)35)32-21-16-29(17-22-32)14-19-31(20-15-29)23-24-9-8-11-26-27(24)37-30(36-26)12-5-2-1-3-6-13-30/h4,7-11,18,35H,1-3,5-6,12-17,19-23H2/q+1. The largest absolute Gasteiger partial charge is 0.448 e. The zero-order valence-electron chi connectivity index (χ0n) is 21.9. The summed E-state index contributed by atoms with van der Waals surface area (Å²) in [6.07, 6.45) is 14.1. The van der Waals surface area contributed by atoms with Crippen LogP contribution in [0.25, 0.3) is 0 Å². The summed E-state index contributed by atoms with van der Waals surface area (Å²) in [6, 6.07) is 11.6. The molecule has 0 bridgehead atoms. The molecule has 198 valence electrons. The van der Waals surface area contributed by atoms with E-state index in [2.05, 4.69) is 23.1 Å². The summed E-state index contributed by atoms with van der Waals surface area (Å²) in [4.78, 5) is 17.4. The van der Waals surface area contributed by atoms with Gasteiger partial charge in [0.25, 0.3) is 5.79 Å². The first-order valence-corrected chi connectivity index (χ1v) is 14.3. The highest BCUT2D eigenvalue weighted by Crippen LogP contribution is 2.47. The van der Waals surface area contributed by atoms with Gasteiger partial charge in [0, 0.05) is 54.9 Å². The van der Waals surface area contributed by atoms with Crippen LogP contribution in [0.1, 0.15) is 86.7 Å². The van der Waals surface area contributed by atoms with Gasteiger partial charge in [-0.15, -0.1) is 0 Å². The molecule has 2 saturated heterocycles. The van der Waals surface area contributed by atoms with Crippen molar-refractivity contribution in [1.82, 2.24) is 9.80 Å². The highest BCUT2D eigenvalue weighted by atomic mass is 16.7. The van der Waals surface area contributed by atoms with Gasteiger partial charge in [0.1, 0.15) is 0 Å². The van der Waals surface area contributed by atoms with Crippen molar-refractivity contribution in [3.63, 3.8) is 0 Å². The minimum Gasteiger partial charge on any atom is -0.448 e. The van der Waals surface area contributed by atoms with Gasteiger partial charge in [-0.2, -0.15) is 0 Å². The van der Waals surface area contributed by atoms with E-state index in [4.69, 9.17) is 9.47 Å². The fourth-order valence-electron chi connectivity index (χ4n) is 6.81. The lowest BCUT2D eigenvalue weighted by atomic mass is 9.71. The van der Waals surface area contributed by atoms with Crippen LogP contribution in [-0.2, 0) is 6.54 Å². The molecule has 0 unspecified atom stereocenters. The van der Waals surface area contributed by atoms with E-state index in [0.29, 0.717) is 11.1 Å². The smallest absolute Gasteiger partial charge is 0.323 e. The molecule has 0 radical (unpaired) electrons. The first kappa shape index (κ1) is 24.5. The zero-order chi connectivity index (χ0) is 25.3. The predicted molar refractivity (Wildman–Crippen MR) is 139 cm³/mol. The molecular formula is C30H40N3O4+. The summed E-state index contributed by atoms with van der Waals surface area (Å²) in [5.74, 6) is 1.35. The van der Waals surface area contributed by atoms with Gasteiger partial charge in [-0.3, -0.25) is 14.9 Å². The highest BCUT2D eigenvalue weighted by molar-refractivity contribution is 5.90. The van der Waals surface area contributed by atoms with Gasteiger partial charge in [0.05, 0.1) is 0 Å². The van der Waals surface area contributed by atoms with Gasteiger partial charge in [0.15, 0.2) is 11.5 Å². The van der Waals surface area contributed by atoms with Crippen molar-refractivity contribution < 1.29 is 24.2 Å². The number of pyridine rings is 1. The van der Waals surface area contributed by atoms with Gasteiger partial charge < -0.3 is 14.4 Å². The molecule has 3 aliphatic heterocycles. The number of fused-ring (bicyclic) bond motifs is 1. The summed E-state index contributed by atoms with van der Waals surface area (Å²) >= 11 is 0. The summed E-state index contributed by atoms with van der Waals surface area (Å²) in [6.45, 7) is 4.55. The van der Waals surface area contributed by atoms with E-state index < -0.39 is 5.79 Å². The van der Waals surface area contributed by atoms with Crippen LogP contribution in [0.3, 0.4) is 0 Å². The lowest BCUT2D eigenvalue weighted by Crippen LogP contribution is -2.50. The molecule has 1 amide bonds. The molecule has 2 spiro atoms. The average Bonchev–Trinajstić information content (AvgIpc) is 3.29. The number of benzene rings is 1. The summed E-state index contributed by atoms with van der Waals surface area (Å²) in [5.41, 5.74) is 1.89. The number of ether oxygens (including phenoxy) is 2. The van der Waals surface area contributed by atoms with E-state index in [9.17, 15) is 10.0 Å². The molecule has 3 fully saturated rings. The van der Waals surface area contributed by atoms with Crippen LogP contribution in [0.4, 0.5) is 0 Å². The Balaban J connectivity index is 1.04. The molecule has 2 aromatic rings. The Morgan fingerprint density at radius 2 is 1.54 bits per heavy atom. The molecule has 6 rings (SSSR count). The number of rotatable bonds is 3. The fourth-order valence-corrected chi connectivity index (χ4v) is 6.81. The van der Waals surface area contributed by atoms with E-state index in [-0.39, 0.29) is 5.91 Å². The van der Waals surface area contributed by atoms with Crippen LogP contribution >= 0.6 is 0 Å². The van der Waals surface area contributed by atoms with Gasteiger partial charge in [-0.25, -0.2) is 0 Å². The van der Waals surface area contributed by atoms with Crippen molar-refractivity contribution in [3.8, 4) is 11.5 Å². The second-order valence-electron chi connectivity index (χ2n) is 11.6. The van der Waals surface area contributed by atoms with E-state index in [1.54, 1.807) is 18.2 Å². The van der Waals surface area contributed by atoms with Crippen molar-refractivity contribution in [1.29, 1.82) is 0 Å². The molecule has 1 aromatic carbocycles. The molecule has 1 aliphatic carbocycles. The van der Waals surface area contributed by atoms with Crippen LogP contribution in [0, 0.1) is 5.41 Å². The zero-order valence-corrected chi connectivity index (χ0v) is 21.9. The van der Waals surface area contributed by atoms with Crippen molar-refractivity contribution in [2.45, 2.75) is 83.0 Å². The van der Waals surface area contributed by atoms with Crippen molar-refractivity contribution in [3.05, 3.63) is 53.9 Å². The number of likely N-dealkylation sites (tertiary alicyclic amines) is 2. The Hall–Kier alpha value is -2.80. The van der Waals surface area contributed by atoms with E-state index >= 15 is 0 Å². The second kappa shape index (κ2) is 10.2. The fraction of sp³-hybridized carbons (Fsp3) is 0.600. The third-order valence-corrected chi connectivity index (χ3v) is 9.24. The number of nitrogens with zero attached hydrogens (tertiary/aromatic N) is 3. The first-order valence-electron chi connectivity index (χ1n) is 14.3. The molecule has 1 aromatic heterocycles. The third-order valence-electron chi connectivity index (χ3n) is 9.24. The van der Waals surface area contributed by atoms with Gasteiger partial charge in [0.2, 0.25) is 6.20 Å². The molecule has 1 saturated carbocycles. The maximum atomic E-state index is 12.9. The molecule has 37 heavy (non-hydrogen) atoms. The molecule has 7 heteroatoms. The number of piperidine rings is 2. The van der Waals surface area contributed by atoms with Crippen molar-refractivity contribution in [2.24, 2.45) is 5.41 Å². The van der Waals surface area contributed by atoms with E-state index in [1.165, 1.54) is 43.9 Å². The Bertz CT molecular complexity index is 1110. The van der Waals surface area contributed by atoms with Crippen molar-refractivity contribution >= 4 is 5.91 Å².